The van der Waals surface area contributed by atoms with Crippen molar-refractivity contribution >= 4 is 34.5 Å². The molecule has 4 heteroatoms. The highest BCUT2D eigenvalue weighted by Gasteiger charge is 2.32. The molecule has 0 bridgehead atoms. The quantitative estimate of drug-likeness (QED) is 0.757. The Kier molecular flexibility index (Phi) is 4.62. The topological polar surface area (TPSA) is 20.3 Å². The lowest BCUT2D eigenvalue weighted by Gasteiger charge is -2.41. The zero-order valence-electron chi connectivity index (χ0n) is 11.6. The van der Waals surface area contributed by atoms with E-state index in [1.807, 2.05) is 23.1 Å². The summed E-state index contributed by atoms with van der Waals surface area (Å²) in [6.07, 6.45) is 1.19. The van der Waals surface area contributed by atoms with Crippen LogP contribution in [0.25, 0.3) is 0 Å². The Morgan fingerprint density at radius 1 is 1.37 bits per heavy atom. The summed E-state index contributed by atoms with van der Waals surface area (Å²) in [6.45, 7) is 7.43. The number of piperidine rings is 1. The highest BCUT2D eigenvalue weighted by molar-refractivity contribution is 9.10. The maximum Gasteiger partial charge on any atom is 0.255 e. The summed E-state index contributed by atoms with van der Waals surface area (Å²) >= 11 is 7.79. The second-order valence-corrected chi connectivity index (χ2v) is 7.05. The van der Waals surface area contributed by atoms with Crippen LogP contribution >= 0.6 is 28.6 Å². The van der Waals surface area contributed by atoms with Gasteiger partial charge in [-0.1, -0.05) is 13.8 Å². The molecule has 1 aliphatic rings. The van der Waals surface area contributed by atoms with E-state index in [0.29, 0.717) is 23.4 Å². The van der Waals surface area contributed by atoms with Gasteiger partial charge in [-0.25, -0.2) is 0 Å². The van der Waals surface area contributed by atoms with Crippen LogP contribution in [-0.4, -0.2) is 23.4 Å². The summed E-state index contributed by atoms with van der Waals surface area (Å²) in [5, 5.41) is 0. The molecule has 0 saturated carbocycles. The van der Waals surface area contributed by atoms with Crippen molar-refractivity contribution in [2.45, 2.75) is 38.1 Å². The lowest BCUT2D eigenvalue weighted by atomic mass is 9.85. The normalized spacial score (nSPS) is 27.4. The molecule has 0 radical (unpaired) electrons. The van der Waals surface area contributed by atoms with Crippen LogP contribution < -0.4 is 0 Å². The monoisotopic (exact) mass is 341 g/mol. The average Bonchev–Trinajstić information content (AvgIpc) is 2.36. The van der Waals surface area contributed by atoms with Gasteiger partial charge in [-0.15, -0.1) is 12.6 Å². The molecule has 1 heterocycles. The predicted octanol–water partition coefficient (Wildman–Crippen LogP) is 4.24. The van der Waals surface area contributed by atoms with Crippen molar-refractivity contribution in [1.29, 1.82) is 0 Å². The lowest BCUT2D eigenvalue weighted by molar-refractivity contribution is 0.0454. The zero-order valence-corrected chi connectivity index (χ0v) is 14.0. The van der Waals surface area contributed by atoms with Gasteiger partial charge in [0.1, 0.15) is 0 Å². The number of benzene rings is 1. The molecule has 104 valence electrons. The Hall–Kier alpha value is -0.480. The van der Waals surface area contributed by atoms with E-state index in [2.05, 4.69) is 49.3 Å². The fourth-order valence-electron chi connectivity index (χ4n) is 2.82. The smallest absolute Gasteiger partial charge is 0.255 e. The minimum absolute atomic E-state index is 0.105. The number of carbonyl (C=O) groups excluding carboxylic acids is 1. The first-order valence-corrected chi connectivity index (χ1v) is 7.93. The number of amides is 1. The summed E-state index contributed by atoms with van der Waals surface area (Å²) in [5.74, 6) is 1.22. The Morgan fingerprint density at radius 2 is 2.05 bits per heavy atom. The molecule has 1 amide bonds. The molecule has 2 nitrogen and oxygen atoms in total. The molecule has 1 aromatic carbocycles. The van der Waals surface area contributed by atoms with Gasteiger partial charge >= 0.3 is 0 Å². The van der Waals surface area contributed by atoms with Gasteiger partial charge in [0, 0.05) is 22.0 Å². The van der Waals surface area contributed by atoms with Crippen molar-refractivity contribution in [3.8, 4) is 0 Å². The van der Waals surface area contributed by atoms with Crippen molar-refractivity contribution in [2.24, 2.45) is 11.8 Å². The molecule has 0 spiro atoms. The van der Waals surface area contributed by atoms with Crippen LogP contribution in [0.1, 0.15) is 37.6 Å². The zero-order chi connectivity index (χ0) is 14.2. The van der Waals surface area contributed by atoms with E-state index in [-0.39, 0.29) is 5.91 Å². The number of carbonyl (C=O) groups is 1. The fraction of sp³-hybridized carbons (Fsp3) is 0.533. The molecule has 2 rings (SSSR count). The van der Waals surface area contributed by atoms with Crippen molar-refractivity contribution in [3.63, 3.8) is 0 Å². The van der Waals surface area contributed by atoms with E-state index in [1.165, 1.54) is 6.42 Å². The van der Waals surface area contributed by atoms with Gasteiger partial charge in [-0.05, 0) is 59.3 Å². The van der Waals surface area contributed by atoms with Crippen molar-refractivity contribution in [3.05, 3.63) is 28.2 Å². The van der Waals surface area contributed by atoms with Crippen LogP contribution in [0.5, 0.6) is 0 Å². The van der Waals surface area contributed by atoms with E-state index >= 15 is 0 Å². The average molecular weight is 342 g/mol. The number of likely N-dealkylation sites (tertiary alicyclic amines) is 1. The SMILES string of the molecule is CC1CC(C)C(C)N(C(=O)c2cc(S)ccc2Br)C1. The summed E-state index contributed by atoms with van der Waals surface area (Å²) in [5.41, 5.74) is 0.709. The van der Waals surface area contributed by atoms with Gasteiger partial charge in [-0.3, -0.25) is 4.79 Å². The molecule has 19 heavy (non-hydrogen) atoms. The lowest BCUT2D eigenvalue weighted by Crippen LogP contribution is -2.48. The molecule has 0 N–H and O–H groups in total. The molecule has 1 aliphatic heterocycles. The number of thiol groups is 1. The van der Waals surface area contributed by atoms with Gasteiger partial charge in [0.25, 0.3) is 5.91 Å². The molecule has 3 unspecified atom stereocenters. The second-order valence-electron chi connectivity index (χ2n) is 5.68. The van der Waals surface area contributed by atoms with Crippen LogP contribution in [0.15, 0.2) is 27.6 Å². The van der Waals surface area contributed by atoms with Crippen LogP contribution in [0.3, 0.4) is 0 Å². The maximum absolute atomic E-state index is 12.7. The first-order valence-electron chi connectivity index (χ1n) is 6.69. The summed E-state index contributed by atoms with van der Waals surface area (Å²) < 4.78 is 0.841. The van der Waals surface area contributed by atoms with E-state index in [1.54, 1.807) is 0 Å². The first-order chi connectivity index (χ1) is 8.90. The molecule has 1 fully saturated rings. The third-order valence-electron chi connectivity index (χ3n) is 4.04. The van der Waals surface area contributed by atoms with E-state index in [9.17, 15) is 4.79 Å². The largest absolute Gasteiger partial charge is 0.335 e. The highest BCUT2D eigenvalue weighted by Crippen LogP contribution is 2.30. The second kappa shape index (κ2) is 5.88. The summed E-state index contributed by atoms with van der Waals surface area (Å²) in [7, 11) is 0. The van der Waals surface area contributed by atoms with Gasteiger partial charge in [0.15, 0.2) is 0 Å². The van der Waals surface area contributed by atoms with E-state index in [0.717, 1.165) is 15.9 Å². The van der Waals surface area contributed by atoms with Crippen molar-refractivity contribution < 1.29 is 4.79 Å². The molecule has 3 atom stereocenters. The third kappa shape index (κ3) is 3.16. The van der Waals surface area contributed by atoms with Crippen LogP contribution in [-0.2, 0) is 0 Å². The summed E-state index contributed by atoms with van der Waals surface area (Å²) in [6, 6.07) is 5.90. The molecular weight excluding hydrogens is 322 g/mol. The minimum Gasteiger partial charge on any atom is -0.335 e. The van der Waals surface area contributed by atoms with Crippen LogP contribution in [0.2, 0.25) is 0 Å². The number of nitrogens with zero attached hydrogens (tertiary/aromatic N) is 1. The minimum atomic E-state index is 0.105. The molecule has 1 saturated heterocycles. The third-order valence-corrected chi connectivity index (χ3v) is 5.01. The Bertz CT molecular complexity index is 491. The summed E-state index contributed by atoms with van der Waals surface area (Å²) in [4.78, 5) is 15.6. The predicted molar refractivity (Wildman–Crippen MR) is 84.8 cm³/mol. The van der Waals surface area contributed by atoms with Crippen LogP contribution in [0, 0.1) is 11.8 Å². The maximum atomic E-state index is 12.7. The van der Waals surface area contributed by atoms with Crippen LogP contribution in [0.4, 0.5) is 0 Å². The van der Waals surface area contributed by atoms with E-state index in [4.69, 9.17) is 0 Å². The van der Waals surface area contributed by atoms with E-state index < -0.39 is 0 Å². The number of hydrogen-bond acceptors (Lipinski definition) is 2. The molecule has 0 aromatic heterocycles. The Labute approximate surface area is 129 Å². The highest BCUT2D eigenvalue weighted by atomic mass is 79.9. The molecule has 1 aromatic rings. The standard InChI is InChI=1S/C15H20BrNOS/c1-9-6-10(2)11(3)17(8-9)15(18)13-7-12(19)4-5-14(13)16/h4-5,7,9-11,19H,6,8H2,1-3H3. The van der Waals surface area contributed by atoms with Crippen molar-refractivity contribution in [2.75, 3.05) is 6.54 Å². The van der Waals surface area contributed by atoms with Gasteiger partial charge in [0.05, 0.1) is 5.56 Å². The fourth-order valence-corrected chi connectivity index (χ4v) is 3.43. The number of hydrogen-bond donors (Lipinski definition) is 1. The molecular formula is C15H20BrNOS. The molecule has 0 aliphatic carbocycles. The van der Waals surface area contributed by atoms with Gasteiger partial charge in [0.2, 0.25) is 0 Å². The number of rotatable bonds is 1. The Balaban J connectivity index is 2.30. The number of halogens is 1. The first kappa shape index (κ1) is 14.9. The van der Waals surface area contributed by atoms with Gasteiger partial charge in [-0.2, -0.15) is 0 Å². The van der Waals surface area contributed by atoms with Crippen molar-refractivity contribution in [1.82, 2.24) is 4.90 Å². The van der Waals surface area contributed by atoms with Gasteiger partial charge < -0.3 is 4.90 Å². The Morgan fingerprint density at radius 3 is 2.74 bits per heavy atom.